The number of aliphatic carboxylic acids is 1. The minimum atomic E-state index is -0.851. The normalized spacial score (nSPS) is 12.5. The van der Waals surface area contributed by atoms with Crippen molar-refractivity contribution in [3.05, 3.63) is 34.1 Å². The molecule has 0 fully saturated rings. The topological polar surface area (TPSA) is 37.3 Å². The third-order valence-electron chi connectivity index (χ3n) is 1.77. The summed E-state index contributed by atoms with van der Waals surface area (Å²) in [7, 11) is 0. The van der Waals surface area contributed by atoms with E-state index >= 15 is 0 Å². The molecule has 0 amide bonds. The highest BCUT2D eigenvalue weighted by atomic mass is 79.9. The van der Waals surface area contributed by atoms with E-state index < -0.39 is 11.2 Å². The monoisotopic (exact) mass is 292 g/mol. The lowest BCUT2D eigenvalue weighted by molar-refractivity contribution is -0.136. The van der Waals surface area contributed by atoms with Crippen LogP contribution in [0.4, 0.5) is 4.39 Å². The van der Waals surface area contributed by atoms with Crippen LogP contribution in [0.1, 0.15) is 12.5 Å². The van der Waals surface area contributed by atoms with Gasteiger partial charge in [-0.1, -0.05) is 15.9 Å². The van der Waals surface area contributed by atoms with Gasteiger partial charge >= 0.3 is 5.97 Å². The number of carbonyl (C=O) groups is 1. The van der Waals surface area contributed by atoms with Crippen LogP contribution in [0.5, 0.6) is 0 Å². The Balaban J connectivity index is 2.61. The Labute approximate surface area is 100 Å². The number of halogens is 2. The maximum atomic E-state index is 13.0. The lowest BCUT2D eigenvalue weighted by Gasteiger charge is -2.06. The molecule has 5 heteroatoms. The van der Waals surface area contributed by atoms with Crippen LogP contribution in [-0.2, 0) is 10.5 Å². The molecule has 0 heterocycles. The van der Waals surface area contributed by atoms with Crippen molar-refractivity contribution in [1.29, 1.82) is 0 Å². The smallest absolute Gasteiger partial charge is 0.316 e. The van der Waals surface area contributed by atoms with Gasteiger partial charge in [-0.05, 0) is 30.7 Å². The van der Waals surface area contributed by atoms with Gasteiger partial charge in [-0.15, -0.1) is 11.8 Å². The fourth-order valence-corrected chi connectivity index (χ4v) is 2.25. The molecule has 82 valence electrons. The summed E-state index contributed by atoms with van der Waals surface area (Å²) in [6, 6.07) is 4.56. The molecule has 2 nitrogen and oxygen atoms in total. The van der Waals surface area contributed by atoms with E-state index in [2.05, 4.69) is 15.9 Å². The van der Waals surface area contributed by atoms with Crippen molar-refractivity contribution in [3.63, 3.8) is 0 Å². The molecule has 1 rings (SSSR count). The van der Waals surface area contributed by atoms with E-state index in [4.69, 9.17) is 5.11 Å². The van der Waals surface area contributed by atoms with Gasteiger partial charge in [-0.25, -0.2) is 4.39 Å². The first-order valence-corrected chi connectivity index (χ1v) is 6.12. The van der Waals surface area contributed by atoms with E-state index in [0.29, 0.717) is 10.2 Å². The zero-order valence-electron chi connectivity index (χ0n) is 8.04. The Morgan fingerprint density at radius 2 is 2.27 bits per heavy atom. The average molecular weight is 293 g/mol. The highest BCUT2D eigenvalue weighted by Gasteiger charge is 2.11. The third-order valence-corrected chi connectivity index (χ3v) is 3.43. The number of hydrogen-bond acceptors (Lipinski definition) is 2. The van der Waals surface area contributed by atoms with Gasteiger partial charge in [0.25, 0.3) is 0 Å². The van der Waals surface area contributed by atoms with E-state index in [1.807, 2.05) is 0 Å². The molecule has 0 aromatic heterocycles. The Kier molecular flexibility index (Phi) is 4.60. The SMILES string of the molecule is CC(SCc1cc(F)cc(Br)c1)C(=O)O. The fraction of sp³-hybridized carbons (Fsp3) is 0.300. The van der Waals surface area contributed by atoms with Crippen molar-refractivity contribution >= 4 is 33.7 Å². The molecule has 0 saturated heterocycles. The van der Waals surface area contributed by atoms with Crippen molar-refractivity contribution in [2.24, 2.45) is 0 Å². The predicted octanol–water partition coefficient (Wildman–Crippen LogP) is 3.29. The van der Waals surface area contributed by atoms with Gasteiger partial charge in [0, 0.05) is 10.2 Å². The van der Waals surface area contributed by atoms with E-state index in [1.54, 1.807) is 13.0 Å². The molecule has 1 aromatic rings. The molecule has 1 N–H and O–H groups in total. The van der Waals surface area contributed by atoms with E-state index in [1.165, 1.54) is 23.9 Å². The summed E-state index contributed by atoms with van der Waals surface area (Å²) in [5, 5.41) is 8.19. The molecule has 0 bridgehead atoms. The first-order chi connectivity index (χ1) is 6.99. The number of thioether (sulfide) groups is 1. The third kappa shape index (κ3) is 4.22. The Hall–Kier alpha value is -0.550. The van der Waals surface area contributed by atoms with Gasteiger partial charge in [0.05, 0.1) is 5.25 Å². The number of carboxylic acids is 1. The molecule has 0 aliphatic heterocycles. The predicted molar refractivity (Wildman–Crippen MR) is 62.5 cm³/mol. The maximum Gasteiger partial charge on any atom is 0.316 e. The summed E-state index contributed by atoms with van der Waals surface area (Å²) in [4.78, 5) is 10.6. The van der Waals surface area contributed by atoms with Crippen molar-refractivity contribution in [2.45, 2.75) is 17.9 Å². The number of hydrogen-bond donors (Lipinski definition) is 1. The van der Waals surface area contributed by atoms with Crippen molar-refractivity contribution in [1.82, 2.24) is 0 Å². The minimum Gasteiger partial charge on any atom is -0.480 e. The van der Waals surface area contributed by atoms with Gasteiger partial charge in [0.1, 0.15) is 5.82 Å². The largest absolute Gasteiger partial charge is 0.480 e. The summed E-state index contributed by atoms with van der Waals surface area (Å²) in [6.45, 7) is 1.61. The molecule has 1 aromatic carbocycles. The van der Waals surface area contributed by atoms with Crippen LogP contribution in [0.3, 0.4) is 0 Å². The molecule has 1 unspecified atom stereocenters. The summed E-state index contributed by atoms with van der Waals surface area (Å²) in [5.41, 5.74) is 0.778. The average Bonchev–Trinajstić information content (AvgIpc) is 2.12. The van der Waals surface area contributed by atoms with E-state index in [-0.39, 0.29) is 5.82 Å². The van der Waals surface area contributed by atoms with Gasteiger partial charge < -0.3 is 5.11 Å². The first kappa shape index (κ1) is 12.5. The van der Waals surface area contributed by atoms with Crippen LogP contribution >= 0.6 is 27.7 Å². The Morgan fingerprint density at radius 1 is 1.60 bits per heavy atom. The molecule has 0 spiro atoms. The lowest BCUT2D eigenvalue weighted by atomic mass is 10.2. The summed E-state index contributed by atoms with van der Waals surface area (Å²) < 4.78 is 13.6. The van der Waals surface area contributed by atoms with Gasteiger partial charge in [0.2, 0.25) is 0 Å². The van der Waals surface area contributed by atoms with Crippen molar-refractivity contribution in [3.8, 4) is 0 Å². The highest BCUT2D eigenvalue weighted by Crippen LogP contribution is 2.21. The van der Waals surface area contributed by atoms with E-state index in [9.17, 15) is 9.18 Å². The molecule has 15 heavy (non-hydrogen) atoms. The number of benzene rings is 1. The number of carboxylic acid groups (broad SMARTS) is 1. The highest BCUT2D eigenvalue weighted by molar-refractivity contribution is 9.10. The quantitative estimate of drug-likeness (QED) is 0.925. The fourth-order valence-electron chi connectivity index (χ4n) is 0.987. The van der Waals surface area contributed by atoms with Crippen LogP contribution in [0.15, 0.2) is 22.7 Å². The van der Waals surface area contributed by atoms with Crippen LogP contribution in [0, 0.1) is 5.82 Å². The molecule has 0 aliphatic rings. The summed E-state index contributed by atoms with van der Waals surface area (Å²) >= 11 is 4.45. The molecular weight excluding hydrogens is 283 g/mol. The summed E-state index contributed by atoms with van der Waals surface area (Å²) in [5.74, 6) is -0.678. The molecule has 1 atom stereocenters. The van der Waals surface area contributed by atoms with Crippen molar-refractivity contribution < 1.29 is 14.3 Å². The van der Waals surface area contributed by atoms with Crippen molar-refractivity contribution in [2.75, 3.05) is 0 Å². The molecule has 0 radical (unpaired) electrons. The second-order valence-electron chi connectivity index (χ2n) is 3.07. The van der Waals surface area contributed by atoms with Crippen LogP contribution in [-0.4, -0.2) is 16.3 Å². The summed E-state index contributed by atoms with van der Waals surface area (Å²) in [6.07, 6.45) is 0. The van der Waals surface area contributed by atoms with E-state index in [0.717, 1.165) is 5.56 Å². The molecule has 0 saturated carbocycles. The van der Waals surface area contributed by atoms with Crippen LogP contribution in [0.25, 0.3) is 0 Å². The minimum absolute atomic E-state index is 0.317. The van der Waals surface area contributed by atoms with Crippen LogP contribution in [0.2, 0.25) is 0 Å². The second kappa shape index (κ2) is 5.51. The zero-order chi connectivity index (χ0) is 11.4. The van der Waals surface area contributed by atoms with Gasteiger partial charge in [0.15, 0.2) is 0 Å². The lowest BCUT2D eigenvalue weighted by Crippen LogP contribution is -2.11. The number of rotatable bonds is 4. The van der Waals surface area contributed by atoms with Gasteiger partial charge in [-0.2, -0.15) is 0 Å². The van der Waals surface area contributed by atoms with Gasteiger partial charge in [-0.3, -0.25) is 4.79 Å². The zero-order valence-corrected chi connectivity index (χ0v) is 10.4. The second-order valence-corrected chi connectivity index (χ2v) is 5.31. The molecule has 0 aliphatic carbocycles. The Morgan fingerprint density at radius 3 is 2.80 bits per heavy atom. The first-order valence-electron chi connectivity index (χ1n) is 4.28. The standard InChI is InChI=1S/C10H10BrFO2S/c1-6(10(13)14)15-5-7-2-8(11)4-9(12)3-7/h2-4,6H,5H2,1H3,(H,13,14). The van der Waals surface area contributed by atoms with Crippen LogP contribution < -0.4 is 0 Å². The molecular formula is C10H10BrFO2S. The maximum absolute atomic E-state index is 13.0. The Bertz CT molecular complexity index is 350.